The lowest BCUT2D eigenvalue weighted by Gasteiger charge is -2.34. The highest BCUT2D eigenvalue weighted by Crippen LogP contribution is 2.40. The van der Waals surface area contributed by atoms with Crippen molar-refractivity contribution in [2.24, 2.45) is 0 Å². The Bertz CT molecular complexity index is 1300. The Kier molecular flexibility index (Phi) is 4.93. The second kappa shape index (κ2) is 7.76. The average molecular weight is 428 g/mol. The van der Waals surface area contributed by atoms with Crippen molar-refractivity contribution in [1.29, 1.82) is 0 Å². The Morgan fingerprint density at radius 3 is 2.29 bits per heavy atom. The van der Waals surface area contributed by atoms with E-state index in [4.69, 9.17) is 0 Å². The lowest BCUT2D eigenvalue weighted by Crippen LogP contribution is -2.47. The Labute approximate surface area is 183 Å². The molecule has 1 heterocycles. The quantitative estimate of drug-likeness (QED) is 0.512. The third-order valence-electron chi connectivity index (χ3n) is 5.80. The highest BCUT2D eigenvalue weighted by atomic mass is 32.2. The summed E-state index contributed by atoms with van der Waals surface area (Å²) in [6, 6.07) is 30.1. The molecule has 0 saturated carbocycles. The molecule has 0 radical (unpaired) electrons. The molecule has 1 aliphatic rings. The molecular weight excluding hydrogens is 406 g/mol. The molecule has 4 aromatic rings. The monoisotopic (exact) mass is 427 g/mol. The Hall–Kier alpha value is -3.28. The van der Waals surface area contributed by atoms with Crippen LogP contribution in [0.5, 0.6) is 0 Å². The predicted octanol–water partition coefficient (Wildman–Crippen LogP) is 4.45. The molecule has 1 aliphatic heterocycles. The van der Waals surface area contributed by atoms with E-state index in [1.807, 2.05) is 78.9 Å². The van der Waals surface area contributed by atoms with Crippen LogP contribution in [0.15, 0.2) is 102 Å². The van der Waals surface area contributed by atoms with Gasteiger partial charge in [-0.2, -0.15) is 0 Å². The molecule has 0 aliphatic carbocycles. The van der Waals surface area contributed by atoms with Crippen LogP contribution in [-0.4, -0.2) is 26.0 Å². The van der Waals surface area contributed by atoms with Crippen molar-refractivity contribution in [3.8, 4) is 0 Å². The number of fused-ring (bicyclic) bond motifs is 2. The smallest absolute Gasteiger partial charge is 0.257 e. The normalized spacial score (nSPS) is 18.9. The number of aliphatic hydroxyl groups is 1. The van der Waals surface area contributed by atoms with Crippen molar-refractivity contribution in [3.05, 3.63) is 114 Å². The number of hydrogen-bond acceptors (Lipinski definition) is 3. The second-order valence-corrected chi connectivity index (χ2v) is 9.16. The van der Waals surface area contributed by atoms with Gasteiger partial charge in [-0.3, -0.25) is 13.9 Å². The fraction of sp³-hybridized carbons (Fsp3) is 0.115. The Balaban J connectivity index is 1.51. The Morgan fingerprint density at radius 1 is 0.806 bits per heavy atom. The number of hydrogen-bond donors (Lipinski definition) is 1. The summed E-state index contributed by atoms with van der Waals surface area (Å²) in [6.45, 7) is 0. The molecular formula is C26H21NO3S. The van der Waals surface area contributed by atoms with Gasteiger partial charge >= 0.3 is 0 Å². The molecule has 0 fully saturated rings. The van der Waals surface area contributed by atoms with Gasteiger partial charge in [0.25, 0.3) is 5.91 Å². The van der Waals surface area contributed by atoms with Crippen molar-refractivity contribution in [2.45, 2.75) is 17.0 Å². The van der Waals surface area contributed by atoms with Crippen LogP contribution in [0, 0.1) is 0 Å². The summed E-state index contributed by atoms with van der Waals surface area (Å²) in [5.41, 5.74) is 0.355. The van der Waals surface area contributed by atoms with Gasteiger partial charge < -0.3 is 5.11 Å². The lowest BCUT2D eigenvalue weighted by atomic mass is 9.94. The number of nitrogens with zero attached hydrogens (tertiary/aromatic N) is 1. The molecule has 0 aromatic heterocycles. The van der Waals surface area contributed by atoms with Crippen molar-refractivity contribution in [2.75, 3.05) is 5.88 Å². The maximum absolute atomic E-state index is 13.3. The van der Waals surface area contributed by atoms with Crippen LogP contribution in [0.3, 0.4) is 0 Å². The van der Waals surface area contributed by atoms with E-state index in [1.54, 1.807) is 18.2 Å². The van der Waals surface area contributed by atoms with E-state index >= 15 is 0 Å². The van der Waals surface area contributed by atoms with E-state index in [-0.39, 0.29) is 18.2 Å². The number of rotatable bonds is 5. The molecule has 1 amide bonds. The lowest BCUT2D eigenvalue weighted by molar-refractivity contribution is -0.0751. The van der Waals surface area contributed by atoms with E-state index in [1.165, 1.54) is 4.90 Å². The molecule has 5 rings (SSSR count). The molecule has 0 bridgehead atoms. The van der Waals surface area contributed by atoms with Crippen LogP contribution < -0.4 is 0 Å². The first-order valence-electron chi connectivity index (χ1n) is 10.1. The first-order chi connectivity index (χ1) is 15.1. The minimum absolute atomic E-state index is 0.0881. The SMILES string of the molecule is O=C1c2ccccc2[C@@](O)(Cc2ccccc2)N1CS(=O)c1ccc2ccccc2c1. The zero-order chi connectivity index (χ0) is 21.4. The van der Waals surface area contributed by atoms with Crippen LogP contribution in [0.4, 0.5) is 0 Å². The van der Waals surface area contributed by atoms with Gasteiger partial charge in [-0.15, -0.1) is 0 Å². The second-order valence-electron chi connectivity index (χ2n) is 7.74. The molecule has 4 nitrogen and oxygen atoms in total. The zero-order valence-electron chi connectivity index (χ0n) is 16.8. The highest BCUT2D eigenvalue weighted by Gasteiger charge is 2.48. The maximum atomic E-state index is 13.3. The predicted molar refractivity (Wildman–Crippen MR) is 122 cm³/mol. The van der Waals surface area contributed by atoms with E-state index in [0.717, 1.165) is 16.3 Å². The summed E-state index contributed by atoms with van der Waals surface area (Å²) in [6.07, 6.45) is 0.228. The molecule has 0 saturated heterocycles. The van der Waals surface area contributed by atoms with Crippen LogP contribution in [0.25, 0.3) is 10.8 Å². The van der Waals surface area contributed by atoms with E-state index in [0.29, 0.717) is 16.0 Å². The van der Waals surface area contributed by atoms with Crippen LogP contribution in [0.2, 0.25) is 0 Å². The minimum atomic E-state index is -1.55. The molecule has 5 heteroatoms. The van der Waals surface area contributed by atoms with Gasteiger partial charge in [0.2, 0.25) is 0 Å². The molecule has 154 valence electrons. The van der Waals surface area contributed by atoms with Crippen LogP contribution >= 0.6 is 0 Å². The first kappa shape index (κ1) is 19.7. The summed E-state index contributed by atoms with van der Waals surface area (Å²) >= 11 is 0. The fourth-order valence-electron chi connectivity index (χ4n) is 4.21. The first-order valence-corrected chi connectivity index (χ1v) is 11.4. The van der Waals surface area contributed by atoms with E-state index in [9.17, 15) is 14.1 Å². The van der Waals surface area contributed by atoms with Gasteiger partial charge in [-0.05, 0) is 34.5 Å². The fourth-order valence-corrected chi connectivity index (χ4v) is 5.41. The topological polar surface area (TPSA) is 57.6 Å². The van der Waals surface area contributed by atoms with Crippen molar-refractivity contribution >= 4 is 27.5 Å². The molecule has 0 spiro atoms. The standard InChI is InChI=1S/C26H21NO3S/c28-25-23-12-6-7-13-24(23)26(29,17-19-8-2-1-3-9-19)27(25)18-31(30)22-15-14-20-10-4-5-11-21(20)16-22/h1-16,29H,17-18H2/t26-,31?/m0/s1. The molecule has 1 unspecified atom stereocenters. The largest absolute Gasteiger partial charge is 0.366 e. The molecule has 1 N–H and O–H groups in total. The van der Waals surface area contributed by atoms with Crippen molar-refractivity contribution in [1.82, 2.24) is 4.90 Å². The van der Waals surface area contributed by atoms with E-state index < -0.39 is 16.5 Å². The minimum Gasteiger partial charge on any atom is -0.366 e. The Morgan fingerprint density at radius 2 is 1.48 bits per heavy atom. The summed E-state index contributed by atoms with van der Waals surface area (Å²) in [7, 11) is -1.50. The average Bonchev–Trinajstić information content (AvgIpc) is 3.01. The van der Waals surface area contributed by atoms with Gasteiger partial charge in [-0.25, -0.2) is 0 Å². The van der Waals surface area contributed by atoms with Gasteiger partial charge in [-0.1, -0.05) is 78.9 Å². The summed E-state index contributed by atoms with van der Waals surface area (Å²) in [4.78, 5) is 15.2. The molecule has 31 heavy (non-hydrogen) atoms. The maximum Gasteiger partial charge on any atom is 0.257 e. The van der Waals surface area contributed by atoms with Gasteiger partial charge in [0.1, 0.15) is 5.88 Å². The number of carbonyl (C=O) groups is 1. The highest BCUT2D eigenvalue weighted by molar-refractivity contribution is 7.85. The third-order valence-corrected chi connectivity index (χ3v) is 7.08. The van der Waals surface area contributed by atoms with Crippen LogP contribution in [0.1, 0.15) is 21.5 Å². The third kappa shape index (κ3) is 3.46. The molecule has 4 aromatic carbocycles. The van der Waals surface area contributed by atoms with Gasteiger partial charge in [0, 0.05) is 22.4 Å². The van der Waals surface area contributed by atoms with Gasteiger partial charge in [0.05, 0.1) is 10.8 Å². The van der Waals surface area contributed by atoms with Crippen molar-refractivity contribution in [3.63, 3.8) is 0 Å². The van der Waals surface area contributed by atoms with Crippen molar-refractivity contribution < 1.29 is 14.1 Å². The van der Waals surface area contributed by atoms with Gasteiger partial charge in [0.15, 0.2) is 5.72 Å². The summed E-state index contributed by atoms with van der Waals surface area (Å²) < 4.78 is 13.3. The number of carbonyl (C=O) groups excluding carboxylic acids is 1. The summed E-state index contributed by atoms with van der Waals surface area (Å²) in [5.74, 6) is -0.391. The zero-order valence-corrected chi connectivity index (χ0v) is 17.6. The van der Waals surface area contributed by atoms with Crippen LogP contribution in [-0.2, 0) is 22.9 Å². The van der Waals surface area contributed by atoms with E-state index in [2.05, 4.69) is 0 Å². The number of amides is 1. The number of benzene rings is 4. The molecule has 2 atom stereocenters. The summed E-state index contributed by atoms with van der Waals surface area (Å²) in [5, 5.41) is 13.8.